The molecule has 136 valence electrons. The molecule has 0 fully saturated rings. The van der Waals surface area contributed by atoms with Gasteiger partial charge in [-0.2, -0.15) is 0 Å². The van der Waals surface area contributed by atoms with Gasteiger partial charge >= 0.3 is 6.03 Å². The third kappa shape index (κ3) is 4.39. The van der Waals surface area contributed by atoms with E-state index in [4.69, 9.17) is 4.84 Å². The van der Waals surface area contributed by atoms with Crippen molar-refractivity contribution in [1.29, 1.82) is 0 Å². The minimum atomic E-state index is -0.324. The average Bonchev–Trinajstić information content (AvgIpc) is 3.12. The number of amides is 2. The second kappa shape index (κ2) is 8.47. The number of carbonyl (C=O) groups excluding carboxylic acids is 1. The fourth-order valence-electron chi connectivity index (χ4n) is 2.89. The molecule has 2 amide bonds. The molecule has 1 aliphatic rings. The zero-order valence-corrected chi connectivity index (χ0v) is 14.7. The molecular weight excluding hydrogens is 333 g/mol. The number of rotatable bonds is 6. The van der Waals surface area contributed by atoms with E-state index in [9.17, 15) is 9.18 Å². The molecule has 6 heteroatoms. The van der Waals surface area contributed by atoms with Gasteiger partial charge in [-0.3, -0.25) is 0 Å². The molecule has 0 saturated heterocycles. The van der Waals surface area contributed by atoms with Crippen molar-refractivity contribution < 1.29 is 14.0 Å². The van der Waals surface area contributed by atoms with Crippen molar-refractivity contribution in [3.05, 3.63) is 71.5 Å². The molecular formula is C20H22FN3O2. The Labute approximate surface area is 152 Å². The van der Waals surface area contributed by atoms with Gasteiger partial charge in [-0.05, 0) is 18.6 Å². The highest BCUT2D eigenvalue weighted by molar-refractivity contribution is 6.01. The van der Waals surface area contributed by atoms with Gasteiger partial charge in [-0.15, -0.1) is 0 Å². The first-order valence-electron chi connectivity index (χ1n) is 8.71. The highest BCUT2D eigenvalue weighted by Gasteiger charge is 2.27. The van der Waals surface area contributed by atoms with Crippen LogP contribution in [0.4, 0.5) is 9.18 Å². The Hall–Kier alpha value is -2.89. The Kier molecular flexibility index (Phi) is 5.84. The van der Waals surface area contributed by atoms with E-state index >= 15 is 0 Å². The molecule has 0 radical (unpaired) electrons. The first kappa shape index (κ1) is 17.9. The highest BCUT2D eigenvalue weighted by atomic mass is 19.1. The predicted octanol–water partition coefficient (Wildman–Crippen LogP) is 3.55. The summed E-state index contributed by atoms with van der Waals surface area (Å²) < 4.78 is 14.0. The molecule has 1 N–H and O–H groups in total. The summed E-state index contributed by atoms with van der Waals surface area (Å²) in [5, 5.41) is 6.93. The van der Waals surface area contributed by atoms with E-state index in [0.717, 1.165) is 11.3 Å². The Balaban J connectivity index is 1.67. The van der Waals surface area contributed by atoms with Gasteiger partial charge in [0.1, 0.15) is 5.82 Å². The molecule has 3 rings (SSSR count). The molecule has 2 aromatic carbocycles. The maximum atomic E-state index is 14.0. The Morgan fingerprint density at radius 1 is 1.23 bits per heavy atom. The number of halogens is 1. The van der Waals surface area contributed by atoms with Crippen LogP contribution in [-0.2, 0) is 11.4 Å². The van der Waals surface area contributed by atoms with Gasteiger partial charge in [0.05, 0.1) is 18.8 Å². The van der Waals surface area contributed by atoms with Crippen LogP contribution in [0.15, 0.2) is 59.8 Å². The van der Waals surface area contributed by atoms with Gasteiger partial charge in [0.25, 0.3) is 0 Å². The quantitative estimate of drug-likeness (QED) is 0.861. The third-order valence-electron chi connectivity index (χ3n) is 4.20. The van der Waals surface area contributed by atoms with E-state index in [2.05, 4.69) is 10.5 Å². The average molecular weight is 355 g/mol. The summed E-state index contributed by atoms with van der Waals surface area (Å²) in [5.41, 5.74) is 2.34. The number of oxime groups is 1. The lowest BCUT2D eigenvalue weighted by Gasteiger charge is -2.25. The van der Waals surface area contributed by atoms with Gasteiger partial charge in [0.2, 0.25) is 0 Å². The number of nitrogens with one attached hydrogen (secondary N) is 1. The van der Waals surface area contributed by atoms with Crippen molar-refractivity contribution in [1.82, 2.24) is 10.2 Å². The lowest BCUT2D eigenvalue weighted by atomic mass is 10.0. The van der Waals surface area contributed by atoms with Crippen molar-refractivity contribution in [2.45, 2.75) is 26.0 Å². The fourth-order valence-corrected chi connectivity index (χ4v) is 2.89. The number of carbonyl (C=O) groups is 1. The summed E-state index contributed by atoms with van der Waals surface area (Å²) in [6, 6.07) is 16.0. The SMILES string of the molecule is CCNC(=O)N(Cc1ccccc1F)CC1CC(c2ccccc2)=NO1. The molecule has 1 heterocycles. The van der Waals surface area contributed by atoms with Crippen LogP contribution in [0.5, 0.6) is 0 Å². The molecule has 1 unspecified atom stereocenters. The first-order chi connectivity index (χ1) is 12.7. The molecule has 0 aliphatic carbocycles. The number of nitrogens with zero attached hydrogens (tertiary/aromatic N) is 2. The van der Waals surface area contributed by atoms with Crippen LogP contribution in [0, 0.1) is 5.82 Å². The van der Waals surface area contributed by atoms with Crippen LogP contribution < -0.4 is 5.32 Å². The molecule has 26 heavy (non-hydrogen) atoms. The highest BCUT2D eigenvalue weighted by Crippen LogP contribution is 2.19. The molecule has 0 bridgehead atoms. The third-order valence-corrected chi connectivity index (χ3v) is 4.20. The summed E-state index contributed by atoms with van der Waals surface area (Å²) in [7, 11) is 0. The fraction of sp³-hybridized carbons (Fsp3) is 0.300. The minimum absolute atomic E-state index is 0.180. The molecule has 5 nitrogen and oxygen atoms in total. The zero-order chi connectivity index (χ0) is 18.4. The normalized spacial score (nSPS) is 15.9. The Morgan fingerprint density at radius 3 is 2.69 bits per heavy atom. The van der Waals surface area contributed by atoms with Crippen LogP contribution in [0.3, 0.4) is 0 Å². The monoisotopic (exact) mass is 355 g/mol. The largest absolute Gasteiger partial charge is 0.390 e. The van der Waals surface area contributed by atoms with Gasteiger partial charge in [-0.1, -0.05) is 53.7 Å². The van der Waals surface area contributed by atoms with Crippen molar-refractivity contribution in [2.24, 2.45) is 5.16 Å². The summed E-state index contributed by atoms with van der Waals surface area (Å²) in [6.07, 6.45) is 0.358. The van der Waals surface area contributed by atoms with Crippen LogP contribution in [-0.4, -0.2) is 35.8 Å². The number of hydrogen-bond donors (Lipinski definition) is 1. The first-order valence-corrected chi connectivity index (χ1v) is 8.71. The maximum Gasteiger partial charge on any atom is 0.317 e. The minimum Gasteiger partial charge on any atom is -0.390 e. The molecule has 0 saturated carbocycles. The van der Waals surface area contributed by atoms with Crippen molar-refractivity contribution >= 4 is 11.7 Å². The van der Waals surface area contributed by atoms with Gasteiger partial charge in [0, 0.05) is 18.5 Å². The molecule has 1 aliphatic heterocycles. The number of urea groups is 1. The van der Waals surface area contributed by atoms with E-state index in [1.165, 1.54) is 6.07 Å². The topological polar surface area (TPSA) is 53.9 Å². The second-order valence-electron chi connectivity index (χ2n) is 6.14. The predicted molar refractivity (Wildman–Crippen MR) is 98.4 cm³/mol. The maximum absolute atomic E-state index is 14.0. The molecule has 0 spiro atoms. The second-order valence-corrected chi connectivity index (χ2v) is 6.14. The standard InChI is InChI=1S/C20H22FN3O2/c1-2-22-20(25)24(13-16-10-6-7-11-18(16)21)14-17-12-19(23-26-17)15-8-4-3-5-9-15/h3-11,17H,2,12-14H2,1H3,(H,22,25). The van der Waals surface area contributed by atoms with E-state index in [1.807, 2.05) is 37.3 Å². The van der Waals surface area contributed by atoms with Crippen LogP contribution in [0.1, 0.15) is 24.5 Å². The van der Waals surface area contributed by atoms with Gasteiger partial charge in [-0.25, -0.2) is 9.18 Å². The Morgan fingerprint density at radius 2 is 1.96 bits per heavy atom. The van der Waals surface area contributed by atoms with Crippen LogP contribution in [0.2, 0.25) is 0 Å². The van der Waals surface area contributed by atoms with Crippen LogP contribution in [0.25, 0.3) is 0 Å². The smallest absolute Gasteiger partial charge is 0.317 e. The summed E-state index contributed by atoms with van der Waals surface area (Å²) in [5.74, 6) is -0.324. The molecule has 1 atom stereocenters. The zero-order valence-electron chi connectivity index (χ0n) is 14.7. The van der Waals surface area contributed by atoms with Crippen molar-refractivity contribution in [3.63, 3.8) is 0 Å². The summed E-state index contributed by atoms with van der Waals surface area (Å²) in [4.78, 5) is 19.5. The van der Waals surface area contributed by atoms with E-state index in [-0.39, 0.29) is 24.5 Å². The molecule has 2 aromatic rings. The summed E-state index contributed by atoms with van der Waals surface area (Å²) in [6.45, 7) is 2.87. The van der Waals surface area contributed by atoms with E-state index in [1.54, 1.807) is 23.1 Å². The Bertz CT molecular complexity index is 780. The van der Waals surface area contributed by atoms with Gasteiger partial charge in [0.15, 0.2) is 6.10 Å². The van der Waals surface area contributed by atoms with E-state index < -0.39 is 0 Å². The summed E-state index contributed by atoms with van der Waals surface area (Å²) >= 11 is 0. The lowest BCUT2D eigenvalue weighted by Crippen LogP contribution is -2.43. The van der Waals surface area contributed by atoms with Crippen molar-refractivity contribution in [3.8, 4) is 0 Å². The lowest BCUT2D eigenvalue weighted by molar-refractivity contribution is 0.0588. The van der Waals surface area contributed by atoms with Crippen LogP contribution >= 0.6 is 0 Å². The van der Waals surface area contributed by atoms with Gasteiger partial charge < -0.3 is 15.1 Å². The molecule has 0 aromatic heterocycles. The number of hydrogen-bond acceptors (Lipinski definition) is 3. The van der Waals surface area contributed by atoms with Crippen molar-refractivity contribution in [2.75, 3.05) is 13.1 Å². The van der Waals surface area contributed by atoms with E-state index in [0.29, 0.717) is 25.1 Å². The number of benzene rings is 2.